The molecule has 2 atom stereocenters. The highest BCUT2D eigenvalue weighted by atomic mass is 19.1. The highest BCUT2D eigenvalue weighted by Gasteiger charge is 2.16. The second-order valence-corrected chi connectivity index (χ2v) is 7.41. The molecule has 0 saturated heterocycles. The lowest BCUT2D eigenvalue weighted by Crippen LogP contribution is -2.19. The predicted molar refractivity (Wildman–Crippen MR) is 112 cm³/mol. The number of halogens is 2. The molecule has 30 heavy (non-hydrogen) atoms. The monoisotopic (exact) mass is 416 g/mol. The van der Waals surface area contributed by atoms with Crippen molar-refractivity contribution < 1.29 is 28.9 Å². The van der Waals surface area contributed by atoms with Crippen LogP contribution in [-0.2, 0) is 4.79 Å². The summed E-state index contributed by atoms with van der Waals surface area (Å²) >= 11 is 0. The van der Waals surface area contributed by atoms with Crippen LogP contribution in [0.3, 0.4) is 0 Å². The Labute approximate surface area is 174 Å². The molecule has 1 unspecified atom stereocenters. The molecular weight excluding hydrogens is 390 g/mol. The summed E-state index contributed by atoms with van der Waals surface area (Å²) in [6.45, 7) is 3.91. The number of rotatable bonds is 9. The SMILES string of the molecule is CC(C)C(/C=C/[C@@H](O)CC(O)CC(=O)O)=C(c1ccc(F)cc1)c1ccc(F)cc1. The smallest absolute Gasteiger partial charge is 0.305 e. The number of carboxylic acids is 1. The van der Waals surface area contributed by atoms with Crippen LogP contribution in [0.4, 0.5) is 8.78 Å². The topological polar surface area (TPSA) is 77.8 Å². The molecule has 6 heteroatoms. The summed E-state index contributed by atoms with van der Waals surface area (Å²) in [4.78, 5) is 10.7. The van der Waals surface area contributed by atoms with E-state index in [0.717, 1.165) is 22.3 Å². The van der Waals surface area contributed by atoms with E-state index in [9.17, 15) is 23.8 Å². The zero-order valence-electron chi connectivity index (χ0n) is 16.9. The van der Waals surface area contributed by atoms with E-state index in [2.05, 4.69) is 0 Å². The van der Waals surface area contributed by atoms with Crippen LogP contribution < -0.4 is 0 Å². The quantitative estimate of drug-likeness (QED) is 0.524. The fourth-order valence-corrected chi connectivity index (χ4v) is 3.15. The summed E-state index contributed by atoms with van der Waals surface area (Å²) in [5.74, 6) is -1.89. The molecule has 3 N–H and O–H groups in total. The van der Waals surface area contributed by atoms with Crippen LogP contribution in [0.5, 0.6) is 0 Å². The number of hydrogen-bond acceptors (Lipinski definition) is 3. The maximum Gasteiger partial charge on any atom is 0.305 e. The van der Waals surface area contributed by atoms with Gasteiger partial charge in [-0.2, -0.15) is 0 Å². The molecule has 160 valence electrons. The van der Waals surface area contributed by atoms with Crippen molar-refractivity contribution in [2.24, 2.45) is 5.92 Å². The van der Waals surface area contributed by atoms with E-state index < -0.39 is 24.6 Å². The average Bonchev–Trinajstić information content (AvgIpc) is 2.66. The van der Waals surface area contributed by atoms with Crippen LogP contribution in [0, 0.1) is 17.6 Å². The number of allylic oxidation sites excluding steroid dienone is 2. The highest BCUT2D eigenvalue weighted by molar-refractivity contribution is 5.83. The lowest BCUT2D eigenvalue weighted by atomic mass is 9.87. The van der Waals surface area contributed by atoms with Crippen LogP contribution in [0.1, 0.15) is 37.8 Å². The Balaban J connectivity index is 2.47. The van der Waals surface area contributed by atoms with Gasteiger partial charge in [0.2, 0.25) is 0 Å². The van der Waals surface area contributed by atoms with Gasteiger partial charge in [-0.1, -0.05) is 50.3 Å². The Bertz CT molecular complexity index is 852. The first-order chi connectivity index (χ1) is 14.2. The molecule has 4 nitrogen and oxygen atoms in total. The largest absolute Gasteiger partial charge is 0.481 e. The Morgan fingerprint density at radius 2 is 1.40 bits per heavy atom. The fourth-order valence-electron chi connectivity index (χ4n) is 3.15. The third kappa shape index (κ3) is 6.90. The molecule has 0 fully saturated rings. The van der Waals surface area contributed by atoms with E-state index in [1.807, 2.05) is 13.8 Å². The molecule has 0 saturated carbocycles. The van der Waals surface area contributed by atoms with Crippen LogP contribution in [-0.4, -0.2) is 33.5 Å². The minimum Gasteiger partial charge on any atom is -0.481 e. The fraction of sp³-hybridized carbons (Fsp3) is 0.292. The Morgan fingerprint density at radius 3 is 1.80 bits per heavy atom. The van der Waals surface area contributed by atoms with E-state index in [-0.39, 0.29) is 24.0 Å². The molecule has 2 rings (SSSR count). The van der Waals surface area contributed by atoms with Crippen LogP contribution in [0.25, 0.3) is 5.57 Å². The van der Waals surface area contributed by atoms with Gasteiger partial charge in [0.05, 0.1) is 18.6 Å². The number of aliphatic carboxylic acids is 1. The van der Waals surface area contributed by atoms with Crippen LogP contribution >= 0.6 is 0 Å². The molecular formula is C24H26F2O4. The standard InChI is InChI=1S/C24H26F2O4/c1-15(2)22(12-11-20(27)13-21(28)14-23(29)30)24(16-3-7-18(25)8-4-16)17-5-9-19(26)10-6-17/h3-12,15,20-21,27-28H,13-14H2,1-2H3,(H,29,30)/b12-11+/t20-,21?/m1/s1. The molecule has 0 radical (unpaired) electrons. The maximum absolute atomic E-state index is 13.5. The van der Waals surface area contributed by atoms with Crippen LogP contribution in [0.2, 0.25) is 0 Å². The van der Waals surface area contributed by atoms with Gasteiger partial charge in [0.15, 0.2) is 0 Å². The number of carboxylic acid groups (broad SMARTS) is 1. The molecule has 0 aliphatic heterocycles. The summed E-state index contributed by atoms with van der Waals surface area (Å²) in [6.07, 6.45) is 0.432. The predicted octanol–water partition coefficient (Wildman–Crippen LogP) is 4.57. The van der Waals surface area contributed by atoms with Gasteiger partial charge in [-0.25, -0.2) is 8.78 Å². The lowest BCUT2D eigenvalue weighted by molar-refractivity contribution is -0.139. The molecule has 0 bridgehead atoms. The molecule has 0 aliphatic rings. The second-order valence-electron chi connectivity index (χ2n) is 7.41. The molecule has 0 spiro atoms. The first kappa shape index (κ1) is 23.4. The van der Waals surface area contributed by atoms with Crippen molar-refractivity contribution in [1.82, 2.24) is 0 Å². The van der Waals surface area contributed by atoms with Crippen molar-refractivity contribution in [1.29, 1.82) is 0 Å². The average molecular weight is 416 g/mol. The van der Waals surface area contributed by atoms with Gasteiger partial charge >= 0.3 is 5.97 Å². The lowest BCUT2D eigenvalue weighted by Gasteiger charge is -2.18. The van der Waals surface area contributed by atoms with Crippen molar-refractivity contribution >= 4 is 11.5 Å². The summed E-state index contributed by atoms with van der Waals surface area (Å²) < 4.78 is 26.9. The van der Waals surface area contributed by atoms with Crippen LogP contribution in [0.15, 0.2) is 66.3 Å². The first-order valence-corrected chi connectivity index (χ1v) is 9.69. The molecule has 0 amide bonds. The van der Waals surface area contributed by atoms with Gasteiger partial charge in [0.25, 0.3) is 0 Å². The van der Waals surface area contributed by atoms with Crippen molar-refractivity contribution in [3.63, 3.8) is 0 Å². The summed E-state index contributed by atoms with van der Waals surface area (Å²) in [5, 5.41) is 28.7. The van der Waals surface area contributed by atoms with Gasteiger partial charge in [-0.15, -0.1) is 0 Å². The Morgan fingerprint density at radius 1 is 0.933 bits per heavy atom. The van der Waals surface area contributed by atoms with Gasteiger partial charge in [-0.3, -0.25) is 4.79 Å². The molecule has 2 aromatic rings. The highest BCUT2D eigenvalue weighted by Crippen LogP contribution is 2.32. The zero-order valence-corrected chi connectivity index (χ0v) is 16.9. The van der Waals surface area contributed by atoms with Crippen molar-refractivity contribution in [3.8, 4) is 0 Å². The molecule has 2 aromatic carbocycles. The van der Waals surface area contributed by atoms with Crippen molar-refractivity contribution in [2.45, 2.75) is 38.9 Å². The van der Waals surface area contributed by atoms with E-state index in [4.69, 9.17) is 5.11 Å². The first-order valence-electron chi connectivity index (χ1n) is 9.69. The Hall–Kier alpha value is -2.83. The Kier molecular flexibility index (Phi) is 8.45. The van der Waals surface area contributed by atoms with Gasteiger partial charge in [-0.05, 0) is 52.5 Å². The van der Waals surface area contributed by atoms with E-state index in [1.54, 1.807) is 30.3 Å². The van der Waals surface area contributed by atoms with E-state index in [1.165, 1.54) is 30.3 Å². The number of hydrogen-bond donors (Lipinski definition) is 3. The van der Waals surface area contributed by atoms with E-state index in [0.29, 0.717) is 0 Å². The van der Waals surface area contributed by atoms with Crippen molar-refractivity contribution in [2.75, 3.05) is 0 Å². The molecule has 0 aliphatic carbocycles. The number of aliphatic hydroxyl groups is 2. The summed E-state index contributed by atoms with van der Waals surface area (Å²) in [7, 11) is 0. The minimum atomic E-state index is -1.16. The van der Waals surface area contributed by atoms with Gasteiger partial charge < -0.3 is 15.3 Å². The molecule has 0 aromatic heterocycles. The van der Waals surface area contributed by atoms with Crippen molar-refractivity contribution in [3.05, 3.63) is 89.0 Å². The summed E-state index contributed by atoms with van der Waals surface area (Å²) in [6, 6.07) is 11.9. The van der Waals surface area contributed by atoms with Gasteiger partial charge in [0.1, 0.15) is 11.6 Å². The maximum atomic E-state index is 13.5. The van der Waals surface area contributed by atoms with Gasteiger partial charge in [0, 0.05) is 6.42 Å². The third-order valence-corrected chi connectivity index (χ3v) is 4.60. The third-order valence-electron chi connectivity index (χ3n) is 4.60. The zero-order chi connectivity index (χ0) is 22.3. The normalized spacial score (nSPS) is 13.4. The summed E-state index contributed by atoms with van der Waals surface area (Å²) in [5.41, 5.74) is 3.05. The van der Waals surface area contributed by atoms with E-state index >= 15 is 0 Å². The number of benzene rings is 2. The number of aliphatic hydroxyl groups excluding tert-OH is 2. The number of carbonyl (C=O) groups is 1. The minimum absolute atomic E-state index is 0.00231. The second kappa shape index (κ2) is 10.8. The molecule has 0 heterocycles.